The first kappa shape index (κ1) is 16.7. The molecule has 0 saturated heterocycles. The van der Waals surface area contributed by atoms with Crippen molar-refractivity contribution >= 4 is 11.8 Å². The van der Waals surface area contributed by atoms with Crippen molar-refractivity contribution in [1.82, 2.24) is 9.80 Å². The number of carbonyl (C=O) groups is 2. The number of aliphatic hydroxyl groups excluding tert-OH is 1. The van der Waals surface area contributed by atoms with Gasteiger partial charge in [-0.3, -0.25) is 9.59 Å². The highest BCUT2D eigenvalue weighted by molar-refractivity contribution is 5.98. The standard InChI is InChI=1S/C16H20N2O3/c1-17(2)15(20)12-18(3)16(21)14-10-5-4-8-13(14)9-6-7-11-19/h4-5,8,10,19H,7,11-12H2,1-3H3. The summed E-state index contributed by atoms with van der Waals surface area (Å²) in [5.74, 6) is 5.28. The molecule has 0 aliphatic carbocycles. The summed E-state index contributed by atoms with van der Waals surface area (Å²) in [5, 5.41) is 8.74. The monoisotopic (exact) mass is 288 g/mol. The van der Waals surface area contributed by atoms with E-state index < -0.39 is 0 Å². The maximum Gasteiger partial charge on any atom is 0.255 e. The van der Waals surface area contributed by atoms with Crippen molar-refractivity contribution in [2.24, 2.45) is 0 Å². The van der Waals surface area contributed by atoms with Crippen molar-refractivity contribution < 1.29 is 14.7 Å². The highest BCUT2D eigenvalue weighted by Gasteiger charge is 2.17. The Morgan fingerprint density at radius 2 is 1.86 bits per heavy atom. The van der Waals surface area contributed by atoms with Gasteiger partial charge in [0, 0.05) is 33.1 Å². The van der Waals surface area contributed by atoms with Crippen LogP contribution < -0.4 is 0 Å². The van der Waals surface area contributed by atoms with E-state index in [0.717, 1.165) is 0 Å². The SMILES string of the molecule is CN(C)C(=O)CN(C)C(=O)c1ccccc1C#CCCO. The lowest BCUT2D eigenvalue weighted by Gasteiger charge is -2.19. The summed E-state index contributed by atoms with van der Waals surface area (Å²) in [5.41, 5.74) is 1.05. The predicted octanol–water partition coefficient (Wildman–Crippen LogP) is 0.581. The average molecular weight is 288 g/mol. The largest absolute Gasteiger partial charge is 0.395 e. The molecule has 0 saturated carbocycles. The average Bonchev–Trinajstić information content (AvgIpc) is 2.47. The van der Waals surface area contributed by atoms with Crippen molar-refractivity contribution in [2.45, 2.75) is 6.42 Å². The van der Waals surface area contributed by atoms with Crippen LogP contribution in [0.25, 0.3) is 0 Å². The fourth-order valence-electron chi connectivity index (χ4n) is 1.61. The Morgan fingerprint density at radius 1 is 1.19 bits per heavy atom. The van der Waals surface area contributed by atoms with Gasteiger partial charge in [-0.15, -0.1) is 0 Å². The van der Waals surface area contributed by atoms with Gasteiger partial charge in [0.25, 0.3) is 5.91 Å². The van der Waals surface area contributed by atoms with E-state index in [9.17, 15) is 9.59 Å². The van der Waals surface area contributed by atoms with Crippen LogP contribution in [0.1, 0.15) is 22.3 Å². The number of hydrogen-bond acceptors (Lipinski definition) is 3. The topological polar surface area (TPSA) is 60.9 Å². The lowest BCUT2D eigenvalue weighted by atomic mass is 10.1. The van der Waals surface area contributed by atoms with Gasteiger partial charge in [-0.2, -0.15) is 0 Å². The van der Waals surface area contributed by atoms with Gasteiger partial charge in [-0.1, -0.05) is 24.0 Å². The maximum absolute atomic E-state index is 12.4. The first-order valence-corrected chi connectivity index (χ1v) is 6.61. The first-order valence-electron chi connectivity index (χ1n) is 6.61. The van der Waals surface area contributed by atoms with Crippen molar-refractivity contribution in [3.63, 3.8) is 0 Å². The van der Waals surface area contributed by atoms with Gasteiger partial charge >= 0.3 is 0 Å². The summed E-state index contributed by atoms with van der Waals surface area (Å²) < 4.78 is 0. The van der Waals surface area contributed by atoms with E-state index in [1.54, 1.807) is 45.4 Å². The Balaban J connectivity index is 2.92. The number of nitrogens with zero attached hydrogens (tertiary/aromatic N) is 2. The quantitative estimate of drug-likeness (QED) is 0.825. The third kappa shape index (κ3) is 4.93. The number of amides is 2. The van der Waals surface area contributed by atoms with Gasteiger partial charge in [0.05, 0.1) is 18.7 Å². The summed E-state index contributed by atoms with van der Waals surface area (Å²) in [6.45, 7) is 0.00455. The van der Waals surface area contributed by atoms with Crippen LogP contribution in [0.5, 0.6) is 0 Å². The van der Waals surface area contributed by atoms with Gasteiger partial charge in [0.15, 0.2) is 0 Å². The molecule has 0 heterocycles. The predicted molar refractivity (Wildman–Crippen MR) is 80.7 cm³/mol. The van der Waals surface area contributed by atoms with Crippen molar-refractivity contribution in [2.75, 3.05) is 34.3 Å². The number of rotatable bonds is 4. The Hall–Kier alpha value is -2.32. The van der Waals surface area contributed by atoms with Crippen LogP contribution >= 0.6 is 0 Å². The van der Waals surface area contributed by atoms with Crippen LogP contribution in [0, 0.1) is 11.8 Å². The zero-order valence-electron chi connectivity index (χ0n) is 12.6. The molecule has 0 atom stereocenters. The molecule has 0 aromatic heterocycles. The molecule has 0 radical (unpaired) electrons. The molecule has 0 fully saturated rings. The minimum absolute atomic E-state index is 0.0135. The van der Waals surface area contributed by atoms with Crippen LogP contribution in [0.3, 0.4) is 0 Å². The van der Waals surface area contributed by atoms with Crippen LogP contribution in [0.2, 0.25) is 0 Å². The van der Waals surface area contributed by atoms with E-state index in [1.165, 1.54) is 9.80 Å². The Kier molecular flexibility index (Phi) is 6.44. The van der Waals surface area contributed by atoms with Crippen LogP contribution in [0.15, 0.2) is 24.3 Å². The molecule has 5 heteroatoms. The fourth-order valence-corrected chi connectivity index (χ4v) is 1.61. The molecule has 1 aromatic rings. The van der Waals surface area contributed by atoms with Gasteiger partial charge in [-0.05, 0) is 12.1 Å². The number of carbonyl (C=O) groups excluding carboxylic acids is 2. The molecule has 5 nitrogen and oxygen atoms in total. The lowest BCUT2D eigenvalue weighted by molar-refractivity contribution is -0.129. The normalized spacial score (nSPS) is 9.52. The summed E-state index contributed by atoms with van der Waals surface area (Å²) in [4.78, 5) is 26.9. The molecule has 0 unspecified atom stereocenters. The van der Waals surface area contributed by atoms with Crippen molar-refractivity contribution in [3.05, 3.63) is 35.4 Å². The highest BCUT2D eigenvalue weighted by atomic mass is 16.2. The molecule has 1 N–H and O–H groups in total. The van der Waals surface area contributed by atoms with E-state index in [-0.39, 0.29) is 25.0 Å². The van der Waals surface area contributed by atoms with Gasteiger partial charge in [0.1, 0.15) is 0 Å². The van der Waals surface area contributed by atoms with Crippen LogP contribution in [-0.4, -0.2) is 61.0 Å². The number of hydrogen-bond donors (Lipinski definition) is 1. The van der Waals surface area contributed by atoms with Gasteiger partial charge < -0.3 is 14.9 Å². The molecule has 2 amide bonds. The molecule has 0 spiro atoms. The Labute approximate surface area is 125 Å². The fraction of sp³-hybridized carbons (Fsp3) is 0.375. The first-order chi connectivity index (χ1) is 9.97. The molecule has 0 aliphatic rings. The Morgan fingerprint density at radius 3 is 2.48 bits per heavy atom. The molecule has 0 bridgehead atoms. The van der Waals surface area contributed by atoms with E-state index in [2.05, 4.69) is 11.8 Å². The summed E-state index contributed by atoms with van der Waals surface area (Å²) >= 11 is 0. The molecule has 21 heavy (non-hydrogen) atoms. The van der Waals surface area contributed by atoms with Crippen molar-refractivity contribution in [3.8, 4) is 11.8 Å². The number of aliphatic hydroxyl groups is 1. The second-order valence-electron chi connectivity index (χ2n) is 4.77. The molecule has 1 rings (SSSR count). The maximum atomic E-state index is 12.4. The van der Waals surface area contributed by atoms with E-state index in [1.807, 2.05) is 0 Å². The molecule has 1 aromatic carbocycles. The second-order valence-corrected chi connectivity index (χ2v) is 4.77. The third-order valence-corrected chi connectivity index (χ3v) is 2.84. The van der Waals surface area contributed by atoms with E-state index in [4.69, 9.17) is 5.11 Å². The minimum atomic E-state index is -0.251. The van der Waals surface area contributed by atoms with Gasteiger partial charge in [-0.25, -0.2) is 0 Å². The van der Waals surface area contributed by atoms with Crippen LogP contribution in [0.4, 0.5) is 0 Å². The zero-order chi connectivity index (χ0) is 15.8. The molecular weight excluding hydrogens is 268 g/mol. The molecule has 112 valence electrons. The number of likely N-dealkylation sites (N-methyl/N-ethyl adjacent to an activating group) is 2. The van der Waals surface area contributed by atoms with Crippen molar-refractivity contribution in [1.29, 1.82) is 0 Å². The smallest absolute Gasteiger partial charge is 0.255 e. The molecule has 0 aliphatic heterocycles. The second kappa shape index (κ2) is 8.08. The summed E-state index contributed by atoms with van der Waals surface area (Å²) in [6.07, 6.45) is 0.359. The lowest BCUT2D eigenvalue weighted by Crippen LogP contribution is -2.38. The van der Waals surface area contributed by atoms with E-state index >= 15 is 0 Å². The zero-order valence-corrected chi connectivity index (χ0v) is 12.6. The van der Waals surface area contributed by atoms with E-state index in [0.29, 0.717) is 17.5 Å². The Bertz CT molecular complexity index is 570. The van der Waals surface area contributed by atoms with Gasteiger partial charge in [0.2, 0.25) is 5.91 Å². The third-order valence-electron chi connectivity index (χ3n) is 2.84. The summed E-state index contributed by atoms with van der Waals surface area (Å²) in [6, 6.07) is 6.98. The van der Waals surface area contributed by atoms with Crippen LogP contribution in [-0.2, 0) is 4.79 Å². The summed E-state index contributed by atoms with van der Waals surface area (Å²) in [7, 11) is 4.88. The minimum Gasteiger partial charge on any atom is -0.395 e. The highest BCUT2D eigenvalue weighted by Crippen LogP contribution is 2.10. The number of benzene rings is 1. The molecular formula is C16H20N2O3.